The number of unbranched alkanes of at least 4 members (excludes halogenated alkanes) is 3. The molecule has 0 aliphatic heterocycles. The quantitative estimate of drug-likeness (QED) is 0.387. The number of rotatable bonds is 9. The van der Waals surface area contributed by atoms with E-state index in [4.69, 9.17) is 9.47 Å². The maximum absolute atomic E-state index is 11.5. The van der Waals surface area contributed by atoms with Gasteiger partial charge in [-0.25, -0.2) is 0 Å². The van der Waals surface area contributed by atoms with Gasteiger partial charge < -0.3 is 9.47 Å². The summed E-state index contributed by atoms with van der Waals surface area (Å²) in [6.45, 7) is 4.72. The van der Waals surface area contributed by atoms with Crippen LogP contribution in [0.25, 0.3) is 0 Å². The van der Waals surface area contributed by atoms with Gasteiger partial charge in [0.15, 0.2) is 0 Å². The molecule has 0 saturated heterocycles. The number of carbonyl (C=O) groups excluding carboxylic acids is 1. The first-order valence-corrected chi connectivity index (χ1v) is 7.93. The van der Waals surface area contributed by atoms with Crippen molar-refractivity contribution in [2.45, 2.75) is 51.9 Å². The van der Waals surface area contributed by atoms with E-state index in [0.29, 0.717) is 0 Å². The Morgan fingerprint density at radius 3 is 2.50 bits per heavy atom. The molecular weight excluding hydrogens is 276 g/mol. The maximum atomic E-state index is 11.5. The van der Waals surface area contributed by atoms with Gasteiger partial charge in [-0.3, -0.25) is 4.79 Å². The van der Waals surface area contributed by atoms with Crippen molar-refractivity contribution in [3.05, 3.63) is 29.8 Å². The summed E-state index contributed by atoms with van der Waals surface area (Å²) in [5, 5.41) is 0. The fraction of sp³-hybridized carbons (Fsp3) is 0.526. The molecule has 0 saturated carbocycles. The molecule has 1 rings (SSSR count). The van der Waals surface area contributed by atoms with Gasteiger partial charge in [0, 0.05) is 0 Å². The lowest BCUT2D eigenvalue weighted by Gasteiger charge is -2.11. The second kappa shape index (κ2) is 10.7. The Bertz CT molecular complexity index is 494. The SMILES string of the molecule is CC#C[C@@H](CC(=O)OC)c1ccc(OCCCCCC)cc1. The minimum Gasteiger partial charge on any atom is -0.494 e. The molecule has 1 aromatic rings. The third-order valence-electron chi connectivity index (χ3n) is 3.47. The molecule has 0 spiro atoms. The van der Waals surface area contributed by atoms with Crippen LogP contribution in [0, 0.1) is 11.8 Å². The lowest BCUT2D eigenvalue weighted by Crippen LogP contribution is -2.07. The summed E-state index contributed by atoms with van der Waals surface area (Å²) in [6, 6.07) is 7.83. The highest BCUT2D eigenvalue weighted by Crippen LogP contribution is 2.22. The van der Waals surface area contributed by atoms with E-state index < -0.39 is 0 Å². The molecule has 0 aromatic heterocycles. The Morgan fingerprint density at radius 1 is 1.18 bits per heavy atom. The fourth-order valence-corrected chi connectivity index (χ4v) is 2.19. The highest BCUT2D eigenvalue weighted by Gasteiger charge is 2.14. The van der Waals surface area contributed by atoms with E-state index in [1.54, 1.807) is 6.92 Å². The molecule has 22 heavy (non-hydrogen) atoms. The Labute approximate surface area is 134 Å². The van der Waals surface area contributed by atoms with Crippen molar-refractivity contribution < 1.29 is 14.3 Å². The standard InChI is InChI=1S/C19H26O3/c1-4-6-7-8-14-22-18-12-10-16(11-13-18)17(9-5-2)15-19(20)21-3/h10-13,17H,4,6-8,14-15H2,1-3H3/t17-/m0/s1. The van der Waals surface area contributed by atoms with E-state index in [2.05, 4.69) is 18.8 Å². The highest BCUT2D eigenvalue weighted by atomic mass is 16.5. The van der Waals surface area contributed by atoms with Crippen molar-refractivity contribution in [3.8, 4) is 17.6 Å². The second-order valence-corrected chi connectivity index (χ2v) is 5.21. The van der Waals surface area contributed by atoms with E-state index in [9.17, 15) is 4.79 Å². The Hall–Kier alpha value is -1.95. The zero-order valence-corrected chi connectivity index (χ0v) is 13.9. The molecule has 3 nitrogen and oxygen atoms in total. The van der Waals surface area contributed by atoms with Gasteiger partial charge in [-0.1, -0.05) is 44.2 Å². The molecule has 1 aromatic carbocycles. The molecular formula is C19H26O3. The normalized spacial score (nSPS) is 11.2. The molecule has 0 N–H and O–H groups in total. The van der Waals surface area contributed by atoms with E-state index in [1.165, 1.54) is 26.4 Å². The average molecular weight is 302 g/mol. The molecule has 120 valence electrons. The van der Waals surface area contributed by atoms with Crippen molar-refractivity contribution in [1.29, 1.82) is 0 Å². The predicted molar refractivity (Wildman–Crippen MR) is 88.9 cm³/mol. The molecule has 0 amide bonds. The van der Waals surface area contributed by atoms with Crippen LogP contribution in [0.4, 0.5) is 0 Å². The highest BCUT2D eigenvalue weighted by molar-refractivity contribution is 5.71. The van der Waals surface area contributed by atoms with E-state index in [0.717, 1.165) is 24.3 Å². The summed E-state index contributed by atoms with van der Waals surface area (Å²) in [5.74, 6) is 6.42. The van der Waals surface area contributed by atoms with Crippen molar-refractivity contribution in [2.24, 2.45) is 0 Å². The minimum atomic E-state index is -0.246. The molecule has 0 unspecified atom stereocenters. The molecule has 0 bridgehead atoms. The maximum Gasteiger partial charge on any atom is 0.307 e. The summed E-state index contributed by atoms with van der Waals surface area (Å²) >= 11 is 0. The number of methoxy groups -OCH3 is 1. The molecule has 0 aliphatic rings. The first-order chi connectivity index (χ1) is 10.7. The zero-order chi connectivity index (χ0) is 16.2. The topological polar surface area (TPSA) is 35.5 Å². The first-order valence-electron chi connectivity index (χ1n) is 7.93. The summed E-state index contributed by atoms with van der Waals surface area (Å²) < 4.78 is 10.4. The lowest BCUT2D eigenvalue weighted by molar-refractivity contribution is -0.140. The molecule has 1 atom stereocenters. The largest absolute Gasteiger partial charge is 0.494 e. The van der Waals surface area contributed by atoms with Gasteiger partial charge >= 0.3 is 5.97 Å². The third-order valence-corrected chi connectivity index (χ3v) is 3.47. The number of hydrogen-bond donors (Lipinski definition) is 0. The minimum absolute atomic E-state index is 0.129. The monoisotopic (exact) mass is 302 g/mol. The van der Waals surface area contributed by atoms with Gasteiger partial charge in [0.1, 0.15) is 5.75 Å². The third kappa shape index (κ3) is 6.67. The van der Waals surface area contributed by atoms with Crippen LogP contribution in [-0.4, -0.2) is 19.7 Å². The van der Waals surface area contributed by atoms with E-state index >= 15 is 0 Å². The van der Waals surface area contributed by atoms with Crippen LogP contribution in [-0.2, 0) is 9.53 Å². The van der Waals surface area contributed by atoms with E-state index in [1.807, 2.05) is 24.3 Å². The smallest absolute Gasteiger partial charge is 0.307 e. The molecule has 3 heteroatoms. The molecule has 0 radical (unpaired) electrons. The second-order valence-electron chi connectivity index (χ2n) is 5.21. The summed E-state index contributed by atoms with van der Waals surface area (Å²) in [5.41, 5.74) is 1.01. The average Bonchev–Trinajstić information content (AvgIpc) is 2.54. The van der Waals surface area contributed by atoms with Crippen LogP contribution < -0.4 is 4.74 Å². The zero-order valence-electron chi connectivity index (χ0n) is 13.9. The van der Waals surface area contributed by atoms with Gasteiger partial charge in [-0.15, -0.1) is 5.92 Å². The van der Waals surface area contributed by atoms with Crippen LogP contribution >= 0.6 is 0 Å². The summed E-state index contributed by atoms with van der Waals surface area (Å²) in [4.78, 5) is 11.5. The van der Waals surface area contributed by atoms with Gasteiger partial charge in [-0.2, -0.15) is 0 Å². The fourth-order valence-electron chi connectivity index (χ4n) is 2.19. The summed E-state index contributed by atoms with van der Waals surface area (Å²) in [7, 11) is 1.40. The van der Waals surface area contributed by atoms with Gasteiger partial charge in [0.05, 0.1) is 26.1 Å². The number of hydrogen-bond acceptors (Lipinski definition) is 3. The van der Waals surface area contributed by atoms with Gasteiger partial charge in [-0.05, 0) is 31.0 Å². The predicted octanol–water partition coefficient (Wildman–Crippen LogP) is 4.32. The number of carbonyl (C=O) groups is 1. The first kappa shape index (κ1) is 18.1. The van der Waals surface area contributed by atoms with Crippen LogP contribution in [0.1, 0.15) is 57.4 Å². The van der Waals surface area contributed by atoms with Crippen LogP contribution in [0.15, 0.2) is 24.3 Å². The number of benzene rings is 1. The van der Waals surface area contributed by atoms with Crippen molar-refractivity contribution >= 4 is 5.97 Å². The summed E-state index contributed by atoms with van der Waals surface area (Å²) in [6.07, 6.45) is 5.06. The van der Waals surface area contributed by atoms with Gasteiger partial charge in [0.25, 0.3) is 0 Å². The Morgan fingerprint density at radius 2 is 1.91 bits per heavy atom. The van der Waals surface area contributed by atoms with Crippen molar-refractivity contribution in [2.75, 3.05) is 13.7 Å². The number of esters is 1. The van der Waals surface area contributed by atoms with Crippen molar-refractivity contribution in [3.63, 3.8) is 0 Å². The van der Waals surface area contributed by atoms with Gasteiger partial charge in [0.2, 0.25) is 0 Å². The Balaban J connectivity index is 2.56. The molecule has 0 heterocycles. The van der Waals surface area contributed by atoms with Crippen LogP contribution in [0.2, 0.25) is 0 Å². The van der Waals surface area contributed by atoms with Crippen LogP contribution in [0.3, 0.4) is 0 Å². The Kier molecular flexibility index (Phi) is 8.83. The van der Waals surface area contributed by atoms with Crippen molar-refractivity contribution in [1.82, 2.24) is 0 Å². The lowest BCUT2D eigenvalue weighted by atomic mass is 9.96. The molecule has 0 aliphatic carbocycles. The molecule has 0 fully saturated rings. The van der Waals surface area contributed by atoms with E-state index in [-0.39, 0.29) is 18.3 Å². The number of ether oxygens (including phenoxy) is 2. The van der Waals surface area contributed by atoms with Crippen LogP contribution in [0.5, 0.6) is 5.75 Å².